The number of hydrogen-bond donors (Lipinski definition) is 2. The summed E-state index contributed by atoms with van der Waals surface area (Å²) >= 11 is 0. The van der Waals surface area contributed by atoms with E-state index in [1.54, 1.807) is 14.2 Å². The average Bonchev–Trinajstić information content (AvgIpc) is 2.60. The van der Waals surface area contributed by atoms with Gasteiger partial charge in [-0.15, -0.1) is 0 Å². The average molecular weight is 335 g/mol. The Morgan fingerprint density at radius 1 is 1.17 bits per heavy atom. The van der Waals surface area contributed by atoms with Crippen molar-refractivity contribution < 1.29 is 14.3 Å². The van der Waals surface area contributed by atoms with E-state index in [2.05, 4.69) is 5.32 Å². The maximum atomic E-state index is 12.4. The molecule has 1 aromatic carbocycles. The highest BCUT2D eigenvalue weighted by atomic mass is 16.5. The highest BCUT2D eigenvalue weighted by Crippen LogP contribution is 2.27. The molecule has 0 bridgehead atoms. The van der Waals surface area contributed by atoms with Crippen molar-refractivity contribution in [2.24, 2.45) is 11.7 Å². The third kappa shape index (κ3) is 4.54. The maximum Gasteiger partial charge on any atom is 0.226 e. The van der Waals surface area contributed by atoms with Crippen molar-refractivity contribution in [2.45, 2.75) is 38.8 Å². The van der Waals surface area contributed by atoms with E-state index in [-0.39, 0.29) is 17.9 Å². The van der Waals surface area contributed by atoms with Crippen LogP contribution in [-0.4, -0.2) is 50.2 Å². The van der Waals surface area contributed by atoms with Crippen molar-refractivity contribution in [1.82, 2.24) is 4.90 Å². The Labute approximate surface area is 144 Å². The SMILES string of the molecule is COc1cc(NC2CCN(C(=O)C(C)C(C)N)CC2)cc(OC)c1. The minimum absolute atomic E-state index is 0.113. The van der Waals surface area contributed by atoms with Crippen LogP contribution in [-0.2, 0) is 4.79 Å². The molecule has 0 saturated carbocycles. The third-order valence-electron chi connectivity index (χ3n) is 4.71. The zero-order valence-corrected chi connectivity index (χ0v) is 15.0. The van der Waals surface area contributed by atoms with Crippen LogP contribution in [0, 0.1) is 5.92 Å². The van der Waals surface area contributed by atoms with E-state index in [0.29, 0.717) is 6.04 Å². The molecule has 134 valence electrons. The summed E-state index contributed by atoms with van der Waals surface area (Å²) in [5.41, 5.74) is 6.82. The molecule has 1 aromatic rings. The monoisotopic (exact) mass is 335 g/mol. The van der Waals surface area contributed by atoms with Gasteiger partial charge in [-0.25, -0.2) is 0 Å². The van der Waals surface area contributed by atoms with Gasteiger partial charge in [-0.05, 0) is 19.8 Å². The van der Waals surface area contributed by atoms with E-state index in [1.165, 1.54) is 0 Å². The summed E-state index contributed by atoms with van der Waals surface area (Å²) in [7, 11) is 3.28. The topological polar surface area (TPSA) is 76.8 Å². The number of methoxy groups -OCH3 is 2. The molecule has 6 heteroatoms. The quantitative estimate of drug-likeness (QED) is 0.832. The molecule has 0 aliphatic carbocycles. The number of carbonyl (C=O) groups is 1. The molecule has 1 fully saturated rings. The van der Waals surface area contributed by atoms with Crippen LogP contribution in [0.1, 0.15) is 26.7 Å². The highest BCUT2D eigenvalue weighted by molar-refractivity contribution is 5.79. The van der Waals surface area contributed by atoms with Crippen LogP contribution in [0.25, 0.3) is 0 Å². The number of nitrogens with one attached hydrogen (secondary N) is 1. The van der Waals surface area contributed by atoms with Crippen molar-refractivity contribution >= 4 is 11.6 Å². The number of likely N-dealkylation sites (tertiary alicyclic amines) is 1. The molecule has 6 nitrogen and oxygen atoms in total. The number of carbonyl (C=O) groups excluding carboxylic acids is 1. The van der Waals surface area contributed by atoms with Crippen LogP contribution in [0.5, 0.6) is 11.5 Å². The van der Waals surface area contributed by atoms with E-state index in [4.69, 9.17) is 15.2 Å². The predicted octanol–water partition coefficient (Wildman–Crippen LogP) is 2.09. The van der Waals surface area contributed by atoms with E-state index in [1.807, 2.05) is 36.9 Å². The molecule has 1 aliphatic rings. The lowest BCUT2D eigenvalue weighted by molar-refractivity contribution is -0.136. The summed E-state index contributed by atoms with van der Waals surface area (Å²) < 4.78 is 10.6. The zero-order chi connectivity index (χ0) is 17.7. The summed E-state index contributed by atoms with van der Waals surface area (Å²) in [5, 5.41) is 3.52. The molecule has 0 radical (unpaired) electrons. The van der Waals surface area contributed by atoms with E-state index < -0.39 is 0 Å². The summed E-state index contributed by atoms with van der Waals surface area (Å²) in [4.78, 5) is 14.3. The van der Waals surface area contributed by atoms with Gasteiger partial charge < -0.3 is 25.4 Å². The van der Waals surface area contributed by atoms with Gasteiger partial charge in [0.25, 0.3) is 0 Å². The van der Waals surface area contributed by atoms with Crippen LogP contribution in [0.15, 0.2) is 18.2 Å². The first-order valence-corrected chi connectivity index (χ1v) is 8.48. The van der Waals surface area contributed by atoms with Crippen LogP contribution in [0.4, 0.5) is 5.69 Å². The maximum absolute atomic E-state index is 12.4. The van der Waals surface area contributed by atoms with Gasteiger partial charge in [0.2, 0.25) is 5.91 Å². The van der Waals surface area contributed by atoms with Gasteiger partial charge in [0.15, 0.2) is 0 Å². The van der Waals surface area contributed by atoms with Crippen LogP contribution in [0.2, 0.25) is 0 Å². The Hall–Kier alpha value is -1.95. The lowest BCUT2D eigenvalue weighted by Gasteiger charge is -2.35. The normalized spacial score (nSPS) is 18.0. The molecule has 2 unspecified atom stereocenters. The molecule has 2 rings (SSSR count). The van der Waals surface area contributed by atoms with Crippen molar-refractivity contribution in [3.05, 3.63) is 18.2 Å². The van der Waals surface area contributed by atoms with Crippen molar-refractivity contribution in [3.63, 3.8) is 0 Å². The number of nitrogens with zero attached hydrogens (tertiary/aromatic N) is 1. The zero-order valence-electron chi connectivity index (χ0n) is 15.0. The lowest BCUT2D eigenvalue weighted by atomic mass is 9.99. The Kier molecular flexibility index (Phi) is 6.31. The number of nitrogens with two attached hydrogens (primary N) is 1. The largest absolute Gasteiger partial charge is 0.497 e. The number of hydrogen-bond acceptors (Lipinski definition) is 5. The second-order valence-electron chi connectivity index (χ2n) is 6.49. The molecule has 2 atom stereocenters. The number of ether oxygens (including phenoxy) is 2. The molecule has 1 heterocycles. The minimum atomic E-state index is -0.128. The summed E-state index contributed by atoms with van der Waals surface area (Å²) in [5.74, 6) is 1.55. The Morgan fingerprint density at radius 2 is 1.71 bits per heavy atom. The number of anilines is 1. The Balaban J connectivity index is 1.92. The van der Waals surface area contributed by atoms with Crippen molar-refractivity contribution in [2.75, 3.05) is 32.6 Å². The number of rotatable bonds is 6. The van der Waals surface area contributed by atoms with Crippen molar-refractivity contribution in [3.8, 4) is 11.5 Å². The van der Waals surface area contributed by atoms with Gasteiger partial charge in [-0.3, -0.25) is 4.79 Å². The molecule has 3 N–H and O–H groups in total. The molecule has 1 amide bonds. The minimum Gasteiger partial charge on any atom is -0.497 e. The summed E-state index contributed by atoms with van der Waals surface area (Å²) in [6, 6.07) is 5.98. The van der Waals surface area contributed by atoms with E-state index in [0.717, 1.165) is 43.1 Å². The predicted molar refractivity (Wildman–Crippen MR) is 95.6 cm³/mol. The van der Waals surface area contributed by atoms with Gasteiger partial charge in [-0.2, -0.15) is 0 Å². The van der Waals surface area contributed by atoms with Gasteiger partial charge in [0, 0.05) is 49.1 Å². The molecular formula is C18H29N3O3. The third-order valence-corrected chi connectivity index (χ3v) is 4.71. The molecule has 0 spiro atoms. The first kappa shape index (κ1) is 18.4. The molecule has 24 heavy (non-hydrogen) atoms. The molecule has 0 aromatic heterocycles. The number of amides is 1. The van der Waals surface area contributed by atoms with Crippen molar-refractivity contribution in [1.29, 1.82) is 0 Å². The van der Waals surface area contributed by atoms with Gasteiger partial charge in [0.05, 0.1) is 20.1 Å². The van der Waals surface area contributed by atoms with Crippen LogP contribution < -0.4 is 20.5 Å². The van der Waals surface area contributed by atoms with Gasteiger partial charge in [-0.1, -0.05) is 6.92 Å². The van der Waals surface area contributed by atoms with E-state index >= 15 is 0 Å². The second-order valence-corrected chi connectivity index (χ2v) is 6.49. The highest BCUT2D eigenvalue weighted by Gasteiger charge is 2.27. The fraction of sp³-hybridized carbons (Fsp3) is 0.611. The van der Waals surface area contributed by atoms with Crippen LogP contribution in [0.3, 0.4) is 0 Å². The fourth-order valence-electron chi connectivity index (χ4n) is 2.88. The second kappa shape index (κ2) is 8.24. The molecule has 1 saturated heterocycles. The van der Waals surface area contributed by atoms with E-state index in [9.17, 15) is 4.79 Å². The number of piperidine rings is 1. The Bertz CT molecular complexity index is 532. The smallest absolute Gasteiger partial charge is 0.226 e. The summed E-state index contributed by atoms with van der Waals surface area (Å²) in [6.45, 7) is 5.30. The Morgan fingerprint density at radius 3 is 2.17 bits per heavy atom. The summed E-state index contributed by atoms with van der Waals surface area (Å²) in [6.07, 6.45) is 1.83. The van der Waals surface area contributed by atoms with Gasteiger partial charge in [0.1, 0.15) is 11.5 Å². The fourth-order valence-corrected chi connectivity index (χ4v) is 2.88. The number of benzene rings is 1. The van der Waals surface area contributed by atoms with Crippen LogP contribution >= 0.6 is 0 Å². The molecule has 1 aliphatic heterocycles. The first-order valence-electron chi connectivity index (χ1n) is 8.48. The lowest BCUT2D eigenvalue weighted by Crippen LogP contribution is -2.47. The first-order chi connectivity index (χ1) is 11.4. The molecular weight excluding hydrogens is 306 g/mol. The van der Waals surface area contributed by atoms with Gasteiger partial charge >= 0.3 is 0 Å². The standard InChI is InChI=1S/C18H29N3O3/c1-12(13(2)19)18(22)21-7-5-14(6-8-21)20-15-9-16(23-3)11-17(10-15)24-4/h9-14,20H,5-8,19H2,1-4H3.